The number of nitrogens with one attached hydrogen (secondary N) is 2. The summed E-state index contributed by atoms with van der Waals surface area (Å²) in [6.45, 7) is 2.32. The van der Waals surface area contributed by atoms with Gasteiger partial charge in [-0.1, -0.05) is 34.5 Å². The fourth-order valence-corrected chi connectivity index (χ4v) is 4.05. The highest BCUT2D eigenvalue weighted by atomic mass is 35.5. The first-order valence-electron chi connectivity index (χ1n) is 9.71. The third-order valence-electron chi connectivity index (χ3n) is 5.06. The molecule has 0 spiro atoms. The Morgan fingerprint density at radius 1 is 1.27 bits per heavy atom. The first-order chi connectivity index (χ1) is 14.6. The number of ether oxygens (including phenoxy) is 1. The Balaban J connectivity index is 1.45. The van der Waals surface area contributed by atoms with E-state index in [-0.39, 0.29) is 5.92 Å². The van der Waals surface area contributed by atoms with Crippen LogP contribution in [0.2, 0.25) is 10.0 Å². The topological polar surface area (TPSA) is 105 Å². The second-order valence-corrected chi connectivity index (χ2v) is 7.91. The van der Waals surface area contributed by atoms with Crippen LogP contribution in [0.25, 0.3) is 0 Å². The molecule has 1 aromatic carbocycles. The number of nitrogens with zero attached hydrogens (tertiary/aromatic N) is 6. The summed E-state index contributed by atoms with van der Waals surface area (Å²) >= 11 is 12.2. The van der Waals surface area contributed by atoms with Crippen molar-refractivity contribution in [3.63, 3.8) is 0 Å². The number of H-pyrrole nitrogens is 1. The molecule has 9 nitrogen and oxygen atoms in total. The van der Waals surface area contributed by atoms with Crippen molar-refractivity contribution in [3.8, 4) is 6.01 Å². The van der Waals surface area contributed by atoms with Gasteiger partial charge in [0.05, 0.1) is 7.11 Å². The number of hydrogen-bond donors (Lipinski definition) is 2. The Kier molecular flexibility index (Phi) is 6.49. The van der Waals surface area contributed by atoms with Crippen molar-refractivity contribution in [2.75, 3.05) is 37.0 Å². The molecular formula is C19H22Cl2N8O. The Morgan fingerprint density at radius 2 is 2.17 bits per heavy atom. The van der Waals surface area contributed by atoms with E-state index >= 15 is 0 Å². The average molecular weight is 449 g/mol. The maximum Gasteiger partial charge on any atom is 0.320 e. The number of halogens is 2. The third kappa shape index (κ3) is 4.91. The number of anilines is 2. The highest BCUT2D eigenvalue weighted by molar-refractivity contribution is 6.35. The number of tetrazole rings is 1. The van der Waals surface area contributed by atoms with Crippen LogP contribution in [0, 0.1) is 0 Å². The van der Waals surface area contributed by atoms with E-state index in [1.807, 2.05) is 18.2 Å². The van der Waals surface area contributed by atoms with Crippen molar-refractivity contribution < 1.29 is 4.74 Å². The smallest absolute Gasteiger partial charge is 0.320 e. The second kappa shape index (κ2) is 9.44. The summed E-state index contributed by atoms with van der Waals surface area (Å²) in [5.41, 5.74) is 1.02. The molecule has 2 N–H and O–H groups in total. The molecule has 30 heavy (non-hydrogen) atoms. The van der Waals surface area contributed by atoms with Gasteiger partial charge in [0.15, 0.2) is 5.82 Å². The molecule has 0 amide bonds. The van der Waals surface area contributed by atoms with E-state index in [1.165, 1.54) is 0 Å². The lowest BCUT2D eigenvalue weighted by Gasteiger charge is -2.32. The van der Waals surface area contributed by atoms with Crippen molar-refractivity contribution in [2.24, 2.45) is 0 Å². The monoisotopic (exact) mass is 448 g/mol. The summed E-state index contributed by atoms with van der Waals surface area (Å²) in [4.78, 5) is 11.2. The van der Waals surface area contributed by atoms with Gasteiger partial charge in [0.25, 0.3) is 0 Å². The molecule has 0 saturated carbocycles. The molecule has 2 aromatic heterocycles. The number of hydrogen-bond acceptors (Lipinski definition) is 8. The molecule has 1 fully saturated rings. The van der Waals surface area contributed by atoms with Gasteiger partial charge in [-0.3, -0.25) is 0 Å². The van der Waals surface area contributed by atoms with Crippen molar-refractivity contribution >= 4 is 34.8 Å². The zero-order valence-electron chi connectivity index (χ0n) is 16.5. The van der Waals surface area contributed by atoms with E-state index in [1.54, 1.807) is 13.2 Å². The molecular weight excluding hydrogens is 427 g/mol. The number of aromatic nitrogens is 6. The number of benzene rings is 1. The number of methoxy groups -OCH3 is 1. The van der Waals surface area contributed by atoms with Crippen LogP contribution >= 0.6 is 23.2 Å². The fourth-order valence-electron chi connectivity index (χ4n) is 3.54. The third-order valence-corrected chi connectivity index (χ3v) is 5.65. The molecule has 11 heteroatoms. The van der Waals surface area contributed by atoms with E-state index < -0.39 is 0 Å². The van der Waals surface area contributed by atoms with Gasteiger partial charge >= 0.3 is 6.01 Å². The van der Waals surface area contributed by atoms with Crippen LogP contribution in [0.1, 0.15) is 30.1 Å². The zero-order chi connectivity index (χ0) is 20.9. The highest BCUT2D eigenvalue weighted by Crippen LogP contribution is 2.29. The molecule has 4 rings (SSSR count). The normalized spacial score (nSPS) is 16.5. The van der Waals surface area contributed by atoms with Crippen LogP contribution in [-0.4, -0.2) is 57.3 Å². The number of piperidine rings is 1. The maximum atomic E-state index is 6.26. The molecule has 158 valence electrons. The predicted octanol–water partition coefficient (Wildman–Crippen LogP) is 3.34. The average Bonchev–Trinajstić information content (AvgIpc) is 3.30. The molecule has 1 unspecified atom stereocenters. The van der Waals surface area contributed by atoms with Crippen LogP contribution in [0.5, 0.6) is 6.01 Å². The Hall–Kier alpha value is -2.65. The lowest BCUT2D eigenvalue weighted by atomic mass is 9.97. The molecule has 3 aromatic rings. The van der Waals surface area contributed by atoms with E-state index in [2.05, 4.69) is 40.8 Å². The first kappa shape index (κ1) is 20.6. The Labute approximate surface area is 184 Å². The standard InChI is InChI=1S/C19H22Cl2N8O/c1-30-19-23-16(22-7-6-12-4-5-14(20)9-15(12)21)10-17(24-19)29-8-2-3-13(11-29)18-25-27-28-26-18/h4-5,9-10,13H,2-3,6-8,11H2,1H3,(H,22,23,24)(H,25,26,27,28). The van der Waals surface area contributed by atoms with E-state index in [9.17, 15) is 0 Å². The largest absolute Gasteiger partial charge is 0.467 e. The zero-order valence-corrected chi connectivity index (χ0v) is 18.0. The SMILES string of the molecule is COc1nc(NCCc2ccc(Cl)cc2Cl)cc(N2CCCC(c3nn[nH]n3)C2)n1. The van der Waals surface area contributed by atoms with Gasteiger partial charge in [0.1, 0.15) is 11.6 Å². The van der Waals surface area contributed by atoms with Crippen molar-refractivity contribution in [1.82, 2.24) is 30.6 Å². The van der Waals surface area contributed by atoms with Gasteiger partial charge in [-0.05, 0) is 37.0 Å². The van der Waals surface area contributed by atoms with Crippen LogP contribution < -0.4 is 15.0 Å². The van der Waals surface area contributed by atoms with Crippen molar-refractivity contribution in [3.05, 3.63) is 45.7 Å². The number of aromatic amines is 1. The van der Waals surface area contributed by atoms with Gasteiger partial charge in [-0.2, -0.15) is 15.2 Å². The predicted molar refractivity (Wildman–Crippen MR) is 116 cm³/mol. The summed E-state index contributed by atoms with van der Waals surface area (Å²) in [7, 11) is 1.56. The quantitative estimate of drug-likeness (QED) is 0.566. The molecule has 1 aliphatic heterocycles. The maximum absolute atomic E-state index is 6.26. The van der Waals surface area contributed by atoms with E-state index in [0.717, 1.165) is 49.6 Å². The Bertz CT molecular complexity index is 985. The minimum atomic E-state index is 0.210. The summed E-state index contributed by atoms with van der Waals surface area (Å²) in [6.07, 6.45) is 2.77. The summed E-state index contributed by atoms with van der Waals surface area (Å²) < 4.78 is 5.32. The van der Waals surface area contributed by atoms with Crippen molar-refractivity contribution in [2.45, 2.75) is 25.2 Å². The highest BCUT2D eigenvalue weighted by Gasteiger charge is 2.26. The molecule has 0 radical (unpaired) electrons. The first-order valence-corrected chi connectivity index (χ1v) is 10.5. The number of rotatable bonds is 7. The molecule has 1 saturated heterocycles. The van der Waals surface area contributed by atoms with Gasteiger partial charge in [-0.25, -0.2) is 0 Å². The molecule has 1 atom stereocenters. The van der Waals surface area contributed by atoms with Gasteiger partial charge < -0.3 is 15.0 Å². The summed E-state index contributed by atoms with van der Waals surface area (Å²) in [6, 6.07) is 7.78. The lowest BCUT2D eigenvalue weighted by molar-refractivity contribution is 0.379. The van der Waals surface area contributed by atoms with Crippen molar-refractivity contribution in [1.29, 1.82) is 0 Å². The van der Waals surface area contributed by atoms with Crippen LogP contribution in [0.15, 0.2) is 24.3 Å². The summed E-state index contributed by atoms with van der Waals surface area (Å²) in [5.74, 6) is 2.45. The molecule has 1 aliphatic rings. The van der Waals surface area contributed by atoms with Gasteiger partial charge in [-0.15, -0.1) is 10.2 Å². The molecule has 0 aliphatic carbocycles. The lowest BCUT2D eigenvalue weighted by Crippen LogP contribution is -2.35. The second-order valence-electron chi connectivity index (χ2n) is 7.07. The van der Waals surface area contributed by atoms with Crippen LogP contribution in [0.4, 0.5) is 11.6 Å². The fraction of sp³-hybridized carbons (Fsp3) is 0.421. The van der Waals surface area contributed by atoms with E-state index in [0.29, 0.717) is 28.4 Å². The van der Waals surface area contributed by atoms with E-state index in [4.69, 9.17) is 27.9 Å². The molecule has 0 bridgehead atoms. The minimum Gasteiger partial charge on any atom is -0.467 e. The van der Waals surface area contributed by atoms with Gasteiger partial charge in [0.2, 0.25) is 0 Å². The summed E-state index contributed by atoms with van der Waals surface area (Å²) in [5, 5.41) is 19.1. The molecule has 3 heterocycles. The van der Waals surface area contributed by atoms with Crippen LogP contribution in [-0.2, 0) is 6.42 Å². The van der Waals surface area contributed by atoms with Gasteiger partial charge in [0, 0.05) is 41.7 Å². The van der Waals surface area contributed by atoms with Crippen LogP contribution in [0.3, 0.4) is 0 Å². The minimum absolute atomic E-state index is 0.210. The Morgan fingerprint density at radius 3 is 2.93 bits per heavy atom.